The van der Waals surface area contributed by atoms with Gasteiger partial charge in [0.15, 0.2) is 0 Å². The number of nitrogens with zero attached hydrogens (tertiary/aromatic N) is 3. The number of amides is 2. The highest BCUT2D eigenvalue weighted by atomic mass is 16.4. The van der Waals surface area contributed by atoms with Gasteiger partial charge in [-0.05, 0) is 19.1 Å². The Kier molecular flexibility index (Phi) is 4.32. The lowest BCUT2D eigenvalue weighted by atomic mass is 9.96. The number of carbonyl (C=O) groups excluding carboxylic acids is 2. The molecule has 0 saturated carbocycles. The van der Waals surface area contributed by atoms with Crippen molar-refractivity contribution in [2.75, 3.05) is 16.8 Å². The molecule has 1 aliphatic rings. The van der Waals surface area contributed by atoms with E-state index in [-0.39, 0.29) is 23.7 Å². The topological polar surface area (TPSA) is 88.3 Å². The molecule has 2 heterocycles. The Morgan fingerprint density at radius 2 is 1.92 bits per heavy atom. The van der Waals surface area contributed by atoms with Gasteiger partial charge in [0.25, 0.3) is 0 Å². The molecule has 1 fully saturated rings. The summed E-state index contributed by atoms with van der Waals surface area (Å²) in [7, 11) is 0. The standard InChI is InChI=1S/C18H22N4O3/c1-11-5-7-13(8-6-11)22-10-12(9-14(22)23)15-20-21-17(25-15)19-16(24)18(2,3)4/h5-8,12H,9-10H2,1-4H3,(H,19,21,24). The maximum Gasteiger partial charge on any atom is 0.322 e. The molecule has 1 saturated heterocycles. The first-order valence-electron chi connectivity index (χ1n) is 8.26. The molecular formula is C18H22N4O3. The summed E-state index contributed by atoms with van der Waals surface area (Å²) < 4.78 is 5.55. The van der Waals surface area contributed by atoms with E-state index in [0.717, 1.165) is 11.3 Å². The lowest BCUT2D eigenvalue weighted by Gasteiger charge is -2.16. The van der Waals surface area contributed by atoms with Crippen LogP contribution in [0, 0.1) is 12.3 Å². The predicted octanol–water partition coefficient (Wildman–Crippen LogP) is 2.88. The van der Waals surface area contributed by atoms with E-state index in [0.29, 0.717) is 18.9 Å². The van der Waals surface area contributed by atoms with Crippen molar-refractivity contribution in [2.24, 2.45) is 5.41 Å². The summed E-state index contributed by atoms with van der Waals surface area (Å²) in [5, 5.41) is 10.5. The molecule has 1 atom stereocenters. The summed E-state index contributed by atoms with van der Waals surface area (Å²) in [6, 6.07) is 7.87. The Labute approximate surface area is 146 Å². The molecular weight excluding hydrogens is 320 g/mol. The van der Waals surface area contributed by atoms with Gasteiger partial charge in [0.2, 0.25) is 17.7 Å². The van der Waals surface area contributed by atoms with E-state index in [1.807, 2.05) is 31.2 Å². The van der Waals surface area contributed by atoms with Crippen molar-refractivity contribution in [1.82, 2.24) is 10.2 Å². The van der Waals surface area contributed by atoms with Crippen LogP contribution in [0.3, 0.4) is 0 Å². The molecule has 1 aromatic heterocycles. The normalized spacial score (nSPS) is 17.8. The third-order valence-corrected chi connectivity index (χ3v) is 4.16. The minimum Gasteiger partial charge on any atom is -0.407 e. The van der Waals surface area contributed by atoms with Crippen LogP contribution in [-0.4, -0.2) is 28.6 Å². The SMILES string of the molecule is Cc1ccc(N2CC(c3nnc(NC(=O)C(C)(C)C)o3)CC2=O)cc1. The maximum absolute atomic E-state index is 12.3. The lowest BCUT2D eigenvalue weighted by Crippen LogP contribution is -2.27. The Hall–Kier alpha value is -2.70. The third kappa shape index (κ3) is 3.70. The Morgan fingerprint density at radius 1 is 1.24 bits per heavy atom. The van der Waals surface area contributed by atoms with Gasteiger partial charge in [-0.1, -0.05) is 43.6 Å². The van der Waals surface area contributed by atoms with E-state index in [2.05, 4.69) is 15.5 Å². The predicted molar refractivity (Wildman–Crippen MR) is 93.3 cm³/mol. The molecule has 1 N–H and O–H groups in total. The molecule has 0 radical (unpaired) electrons. The van der Waals surface area contributed by atoms with E-state index >= 15 is 0 Å². The van der Waals surface area contributed by atoms with Crippen molar-refractivity contribution in [3.05, 3.63) is 35.7 Å². The van der Waals surface area contributed by atoms with Gasteiger partial charge in [0.05, 0.1) is 5.92 Å². The van der Waals surface area contributed by atoms with Crippen LogP contribution in [0.2, 0.25) is 0 Å². The van der Waals surface area contributed by atoms with Crippen LogP contribution in [0.25, 0.3) is 0 Å². The monoisotopic (exact) mass is 342 g/mol. The minimum atomic E-state index is -0.555. The summed E-state index contributed by atoms with van der Waals surface area (Å²) in [5.41, 5.74) is 1.45. The molecule has 25 heavy (non-hydrogen) atoms. The van der Waals surface area contributed by atoms with E-state index < -0.39 is 5.41 Å². The van der Waals surface area contributed by atoms with E-state index in [9.17, 15) is 9.59 Å². The van der Waals surface area contributed by atoms with Crippen LogP contribution in [-0.2, 0) is 9.59 Å². The zero-order chi connectivity index (χ0) is 18.2. The molecule has 0 spiro atoms. The molecule has 1 aliphatic heterocycles. The first-order chi connectivity index (χ1) is 11.7. The second-order valence-corrected chi connectivity index (χ2v) is 7.39. The molecule has 2 aromatic rings. The van der Waals surface area contributed by atoms with Gasteiger partial charge in [-0.3, -0.25) is 14.9 Å². The van der Waals surface area contributed by atoms with Gasteiger partial charge in [-0.25, -0.2) is 0 Å². The number of benzene rings is 1. The molecule has 7 nitrogen and oxygen atoms in total. The first-order valence-corrected chi connectivity index (χ1v) is 8.26. The van der Waals surface area contributed by atoms with Crippen LogP contribution >= 0.6 is 0 Å². The quantitative estimate of drug-likeness (QED) is 0.926. The highest BCUT2D eigenvalue weighted by Gasteiger charge is 2.35. The van der Waals surface area contributed by atoms with Crippen molar-refractivity contribution in [3.8, 4) is 0 Å². The highest BCUT2D eigenvalue weighted by Crippen LogP contribution is 2.32. The average molecular weight is 342 g/mol. The van der Waals surface area contributed by atoms with Gasteiger partial charge in [0, 0.05) is 24.1 Å². The van der Waals surface area contributed by atoms with Crippen LogP contribution in [0.5, 0.6) is 0 Å². The summed E-state index contributed by atoms with van der Waals surface area (Å²) in [5.74, 6) is 0.00701. The largest absolute Gasteiger partial charge is 0.407 e. The molecule has 7 heteroatoms. The Morgan fingerprint density at radius 3 is 2.56 bits per heavy atom. The van der Waals surface area contributed by atoms with E-state index in [1.54, 1.807) is 25.7 Å². The fourth-order valence-corrected chi connectivity index (χ4v) is 2.58. The number of hydrogen-bond acceptors (Lipinski definition) is 5. The van der Waals surface area contributed by atoms with E-state index in [1.165, 1.54) is 0 Å². The molecule has 2 amide bonds. The zero-order valence-corrected chi connectivity index (χ0v) is 14.9. The summed E-state index contributed by atoms with van der Waals surface area (Å²) in [6.45, 7) is 7.89. The number of hydrogen-bond donors (Lipinski definition) is 1. The minimum absolute atomic E-state index is 0.0207. The molecule has 3 rings (SSSR count). The number of aryl methyl sites for hydroxylation is 1. The van der Waals surface area contributed by atoms with Crippen molar-refractivity contribution < 1.29 is 14.0 Å². The molecule has 1 unspecified atom stereocenters. The fourth-order valence-electron chi connectivity index (χ4n) is 2.58. The average Bonchev–Trinajstić information content (AvgIpc) is 3.14. The summed E-state index contributed by atoms with van der Waals surface area (Å²) in [4.78, 5) is 26.0. The highest BCUT2D eigenvalue weighted by molar-refractivity contribution is 5.96. The van der Waals surface area contributed by atoms with Crippen molar-refractivity contribution in [2.45, 2.75) is 40.0 Å². The fraction of sp³-hybridized carbons (Fsp3) is 0.444. The first kappa shape index (κ1) is 17.1. The number of nitrogens with one attached hydrogen (secondary N) is 1. The molecule has 132 valence electrons. The van der Waals surface area contributed by atoms with Gasteiger partial charge < -0.3 is 9.32 Å². The van der Waals surface area contributed by atoms with Gasteiger partial charge in [-0.2, -0.15) is 0 Å². The Bertz CT molecular complexity index is 789. The second kappa shape index (κ2) is 6.31. The summed E-state index contributed by atoms with van der Waals surface area (Å²) >= 11 is 0. The lowest BCUT2D eigenvalue weighted by molar-refractivity contribution is -0.123. The third-order valence-electron chi connectivity index (χ3n) is 4.16. The molecule has 1 aromatic carbocycles. The summed E-state index contributed by atoms with van der Waals surface area (Å²) in [6.07, 6.45) is 0.308. The smallest absolute Gasteiger partial charge is 0.322 e. The molecule has 0 aliphatic carbocycles. The number of rotatable bonds is 3. The number of aromatic nitrogens is 2. The number of carbonyl (C=O) groups is 2. The zero-order valence-electron chi connectivity index (χ0n) is 14.9. The van der Waals surface area contributed by atoms with Crippen LogP contribution < -0.4 is 10.2 Å². The van der Waals surface area contributed by atoms with Crippen LogP contribution in [0.1, 0.15) is 44.6 Å². The van der Waals surface area contributed by atoms with Gasteiger partial charge in [0.1, 0.15) is 0 Å². The second-order valence-electron chi connectivity index (χ2n) is 7.39. The van der Waals surface area contributed by atoms with E-state index in [4.69, 9.17) is 4.42 Å². The van der Waals surface area contributed by atoms with Gasteiger partial charge in [-0.15, -0.1) is 5.10 Å². The van der Waals surface area contributed by atoms with Crippen LogP contribution in [0.15, 0.2) is 28.7 Å². The van der Waals surface area contributed by atoms with Crippen molar-refractivity contribution >= 4 is 23.5 Å². The van der Waals surface area contributed by atoms with Crippen molar-refractivity contribution in [1.29, 1.82) is 0 Å². The van der Waals surface area contributed by atoms with Gasteiger partial charge >= 0.3 is 6.01 Å². The van der Waals surface area contributed by atoms with Crippen LogP contribution in [0.4, 0.5) is 11.7 Å². The Balaban J connectivity index is 1.70. The maximum atomic E-state index is 12.3. The number of anilines is 2. The van der Waals surface area contributed by atoms with Crippen molar-refractivity contribution in [3.63, 3.8) is 0 Å². The molecule has 0 bridgehead atoms.